The Morgan fingerprint density at radius 1 is 1.50 bits per heavy atom. The predicted molar refractivity (Wildman–Crippen MR) is 78.0 cm³/mol. The number of hydrogen-bond acceptors (Lipinski definition) is 3. The quantitative estimate of drug-likeness (QED) is 0.642. The summed E-state index contributed by atoms with van der Waals surface area (Å²) in [6.45, 7) is 6.51. The van der Waals surface area contributed by atoms with Crippen molar-refractivity contribution in [3.63, 3.8) is 0 Å². The minimum atomic E-state index is -2.41. The lowest BCUT2D eigenvalue weighted by Gasteiger charge is -2.52. The molecule has 0 saturated heterocycles. The Labute approximate surface area is 130 Å². The fourth-order valence-electron chi connectivity index (χ4n) is 3.75. The van der Waals surface area contributed by atoms with E-state index in [9.17, 15) is 18.7 Å². The Morgan fingerprint density at radius 2 is 2.14 bits per heavy atom. The van der Waals surface area contributed by atoms with Gasteiger partial charge in [-0.1, -0.05) is 19.9 Å². The lowest BCUT2D eigenvalue weighted by Crippen LogP contribution is -2.56. The van der Waals surface area contributed by atoms with Crippen LogP contribution in [0.25, 0.3) is 0 Å². The van der Waals surface area contributed by atoms with Crippen molar-refractivity contribution in [2.45, 2.75) is 58.7 Å². The molecule has 0 aromatic rings. The topological polar surface area (TPSA) is 46.5 Å². The summed E-state index contributed by atoms with van der Waals surface area (Å²) in [6, 6.07) is 0. The Morgan fingerprint density at radius 3 is 2.68 bits per heavy atom. The summed E-state index contributed by atoms with van der Waals surface area (Å²) >= 11 is 0. The van der Waals surface area contributed by atoms with E-state index < -0.39 is 35.9 Å². The van der Waals surface area contributed by atoms with Crippen LogP contribution in [-0.2, 0) is 9.53 Å². The summed E-state index contributed by atoms with van der Waals surface area (Å²) in [5, 5.41) is 11.1. The number of halogens is 2. The maximum absolute atomic E-state index is 13.1. The van der Waals surface area contributed by atoms with Gasteiger partial charge in [-0.25, -0.2) is 8.78 Å². The van der Waals surface area contributed by atoms with E-state index in [1.54, 1.807) is 6.92 Å². The van der Waals surface area contributed by atoms with Crippen molar-refractivity contribution in [2.75, 3.05) is 0 Å². The average Bonchev–Trinajstić information content (AvgIpc) is 2.41. The van der Waals surface area contributed by atoms with Gasteiger partial charge in [0.05, 0.1) is 12.0 Å². The summed E-state index contributed by atoms with van der Waals surface area (Å²) < 4.78 is 31.5. The lowest BCUT2D eigenvalue weighted by atomic mass is 9.57. The number of fused-ring (bicyclic) bond motifs is 1. The molecule has 0 bridgehead atoms. The minimum Gasteiger partial charge on any atom is -0.457 e. The van der Waals surface area contributed by atoms with Crippen molar-refractivity contribution < 1.29 is 23.4 Å². The Balaban J connectivity index is 2.34. The molecule has 1 fully saturated rings. The van der Waals surface area contributed by atoms with Crippen molar-refractivity contribution in [1.29, 1.82) is 0 Å². The lowest BCUT2D eigenvalue weighted by molar-refractivity contribution is -0.149. The Bertz CT molecular complexity index is 463. The molecular formula is C17H24F2O3. The second kappa shape index (κ2) is 6.26. The first-order valence-corrected chi connectivity index (χ1v) is 7.80. The molecule has 6 atom stereocenters. The molecule has 0 amide bonds. The highest BCUT2D eigenvalue weighted by Gasteiger charge is 2.54. The number of carbonyl (C=O) groups is 1. The number of ether oxygens (including phenoxy) is 1. The predicted octanol–water partition coefficient (Wildman–Crippen LogP) is 3.25. The number of rotatable bonds is 3. The molecule has 22 heavy (non-hydrogen) atoms. The standard InChI is InChI=1S/C17H24F2O3/c1-9-7-14-13(11(3)16(18)19)6-5-10(2)17(14,21)8-15(9)22-12(4)20/h7,10-11,13-16,21H,5-6H2,1-4H3/t10-,11+,13+,14-,15-,17-/m1/s1. The zero-order valence-corrected chi connectivity index (χ0v) is 13.5. The molecule has 2 rings (SSSR count). The number of esters is 1. The Kier molecular flexibility index (Phi) is 4.95. The minimum absolute atomic E-state index is 0.110. The van der Waals surface area contributed by atoms with Crippen LogP contribution in [-0.4, -0.2) is 29.2 Å². The largest absolute Gasteiger partial charge is 0.457 e. The number of alkyl halides is 2. The molecule has 1 N–H and O–H groups in total. The van der Waals surface area contributed by atoms with E-state index in [1.165, 1.54) is 13.8 Å². The third-order valence-electron chi connectivity index (χ3n) is 5.23. The van der Waals surface area contributed by atoms with Crippen molar-refractivity contribution in [2.24, 2.45) is 23.7 Å². The van der Waals surface area contributed by atoms with Crippen LogP contribution in [0.5, 0.6) is 0 Å². The summed E-state index contributed by atoms with van der Waals surface area (Å²) in [7, 11) is 0. The van der Waals surface area contributed by atoms with E-state index in [2.05, 4.69) is 6.42 Å². The van der Waals surface area contributed by atoms with E-state index in [-0.39, 0.29) is 11.8 Å². The highest BCUT2D eigenvalue weighted by atomic mass is 19.3. The summed E-state index contributed by atoms with van der Waals surface area (Å²) in [5.41, 5.74) is -0.587. The average molecular weight is 314 g/mol. The van der Waals surface area contributed by atoms with Gasteiger partial charge in [0, 0.05) is 18.8 Å². The van der Waals surface area contributed by atoms with Gasteiger partial charge >= 0.3 is 5.97 Å². The molecule has 2 radical (unpaired) electrons. The van der Waals surface area contributed by atoms with Gasteiger partial charge < -0.3 is 9.84 Å². The van der Waals surface area contributed by atoms with Crippen molar-refractivity contribution in [1.82, 2.24) is 0 Å². The molecule has 124 valence electrons. The van der Waals surface area contributed by atoms with Crippen LogP contribution < -0.4 is 0 Å². The SMILES string of the molecule is CC(=O)O[C@@H]1[C][C@@]2(O)[C@H](C)CC[C@@H]([C@H](C)C(F)F)[C@H]2C=C1C. The summed E-state index contributed by atoms with van der Waals surface area (Å²) in [4.78, 5) is 11.2. The first kappa shape index (κ1) is 17.4. The third kappa shape index (κ3) is 3.05. The van der Waals surface area contributed by atoms with E-state index >= 15 is 0 Å². The maximum Gasteiger partial charge on any atom is 0.303 e. The van der Waals surface area contributed by atoms with Crippen molar-refractivity contribution in [3.05, 3.63) is 18.1 Å². The molecular weight excluding hydrogens is 290 g/mol. The zero-order valence-electron chi connectivity index (χ0n) is 13.5. The normalized spacial score (nSPS) is 39.9. The molecule has 5 heteroatoms. The second-order valence-corrected chi connectivity index (χ2v) is 6.73. The molecule has 0 aromatic carbocycles. The fourth-order valence-corrected chi connectivity index (χ4v) is 3.75. The molecule has 3 nitrogen and oxygen atoms in total. The van der Waals surface area contributed by atoms with Gasteiger partial charge in [0.15, 0.2) is 0 Å². The summed E-state index contributed by atoms with van der Waals surface area (Å²) in [5.74, 6) is -2.07. The third-order valence-corrected chi connectivity index (χ3v) is 5.23. The van der Waals surface area contributed by atoms with Crippen molar-refractivity contribution >= 4 is 5.97 Å². The van der Waals surface area contributed by atoms with Crippen LogP contribution in [0.3, 0.4) is 0 Å². The Hall–Kier alpha value is -0.970. The number of carbonyl (C=O) groups excluding carboxylic acids is 1. The van der Waals surface area contributed by atoms with Gasteiger partial charge in [0.1, 0.15) is 6.10 Å². The van der Waals surface area contributed by atoms with Crippen LogP contribution in [0.2, 0.25) is 0 Å². The van der Waals surface area contributed by atoms with Gasteiger partial charge in [0.25, 0.3) is 0 Å². The molecule has 1 saturated carbocycles. The van der Waals surface area contributed by atoms with Gasteiger partial charge in [-0.2, -0.15) is 0 Å². The van der Waals surface area contributed by atoms with Crippen LogP contribution in [0.15, 0.2) is 11.6 Å². The van der Waals surface area contributed by atoms with E-state index in [0.29, 0.717) is 12.8 Å². The van der Waals surface area contributed by atoms with E-state index in [1.807, 2.05) is 13.0 Å². The molecule has 0 aromatic heterocycles. The van der Waals surface area contributed by atoms with E-state index in [0.717, 1.165) is 5.57 Å². The highest BCUT2D eigenvalue weighted by molar-refractivity contribution is 5.66. The van der Waals surface area contributed by atoms with Crippen LogP contribution >= 0.6 is 0 Å². The number of aliphatic hydroxyl groups is 1. The van der Waals surface area contributed by atoms with Gasteiger partial charge in [-0.15, -0.1) is 0 Å². The first-order valence-electron chi connectivity index (χ1n) is 7.80. The molecule has 0 spiro atoms. The molecule has 0 heterocycles. The van der Waals surface area contributed by atoms with Crippen LogP contribution in [0.1, 0.15) is 40.5 Å². The second-order valence-electron chi connectivity index (χ2n) is 6.73. The zero-order chi connectivity index (χ0) is 16.7. The molecule has 0 unspecified atom stereocenters. The fraction of sp³-hybridized carbons (Fsp3) is 0.765. The van der Waals surface area contributed by atoms with Gasteiger partial charge in [-0.05, 0) is 37.2 Å². The first-order chi connectivity index (χ1) is 10.2. The maximum atomic E-state index is 13.1. The van der Waals surface area contributed by atoms with Crippen LogP contribution in [0.4, 0.5) is 8.78 Å². The molecule has 2 aliphatic carbocycles. The van der Waals surface area contributed by atoms with Gasteiger partial charge in [0.2, 0.25) is 6.43 Å². The van der Waals surface area contributed by atoms with Crippen LogP contribution in [0, 0.1) is 30.1 Å². The monoisotopic (exact) mass is 314 g/mol. The molecule has 0 aliphatic heterocycles. The van der Waals surface area contributed by atoms with Gasteiger partial charge in [-0.3, -0.25) is 4.79 Å². The van der Waals surface area contributed by atoms with E-state index in [4.69, 9.17) is 4.74 Å². The smallest absolute Gasteiger partial charge is 0.303 e. The van der Waals surface area contributed by atoms with Crippen molar-refractivity contribution in [3.8, 4) is 0 Å². The highest BCUT2D eigenvalue weighted by Crippen LogP contribution is 2.51. The number of hydrogen-bond donors (Lipinski definition) is 1. The summed E-state index contributed by atoms with van der Waals surface area (Å²) in [6.07, 6.45) is 2.98. The molecule has 2 aliphatic rings.